The van der Waals surface area contributed by atoms with Crippen molar-refractivity contribution < 1.29 is 99.4 Å². The molecule has 2 saturated carbocycles. The monoisotopic (exact) mass is 1240 g/mol. The van der Waals surface area contributed by atoms with Crippen LogP contribution in [-0.2, 0) is 12.8 Å². The van der Waals surface area contributed by atoms with E-state index in [4.69, 9.17) is 18.9 Å². The lowest BCUT2D eigenvalue weighted by Crippen LogP contribution is -2.27. The zero-order chi connectivity index (χ0) is 66.0. The van der Waals surface area contributed by atoms with Crippen LogP contribution in [0.5, 0.6) is 92.0 Å². The molecule has 0 aromatic heterocycles. The van der Waals surface area contributed by atoms with Crippen molar-refractivity contribution in [3.05, 3.63) is 117 Å². The van der Waals surface area contributed by atoms with Gasteiger partial charge in [-0.3, -0.25) is 0 Å². The number of phenols is 12. The fourth-order valence-corrected chi connectivity index (χ4v) is 12.4. The maximum atomic E-state index is 13.5. The Labute approximate surface area is 523 Å². The fraction of sp³-hybridized carbons (Fsp3) is 0.429. The Hall–Kier alpha value is -9.20. The summed E-state index contributed by atoms with van der Waals surface area (Å²) in [6.07, 6.45) is 12.0. The Kier molecular flexibility index (Phi) is 22.7. The highest BCUT2D eigenvalue weighted by atomic mass is 16.6. The van der Waals surface area contributed by atoms with E-state index < -0.39 is 92.9 Å². The predicted molar refractivity (Wildman–Crippen MR) is 333 cm³/mol. The van der Waals surface area contributed by atoms with Crippen LogP contribution in [0.15, 0.2) is 72.8 Å². The number of hydrogen-bond acceptors (Lipinski definition) is 20. The second kappa shape index (κ2) is 29.9. The van der Waals surface area contributed by atoms with Crippen molar-refractivity contribution in [2.24, 2.45) is 35.5 Å². The average molecular weight is 1250 g/mol. The van der Waals surface area contributed by atoms with Crippen molar-refractivity contribution >= 4 is 23.9 Å². The molecule has 20 heteroatoms. The second-order valence-corrected chi connectivity index (χ2v) is 24.8. The van der Waals surface area contributed by atoms with Crippen LogP contribution in [0.2, 0.25) is 0 Å². The van der Waals surface area contributed by atoms with Gasteiger partial charge in [0, 0.05) is 11.1 Å². The number of ether oxygens (including phenoxy) is 4. The summed E-state index contributed by atoms with van der Waals surface area (Å²) in [4.78, 5) is 53.9. The number of hydrogen-bond donors (Lipinski definition) is 12. The van der Waals surface area contributed by atoms with Crippen LogP contribution in [-0.4, -0.2) is 85.2 Å². The highest BCUT2D eigenvalue weighted by molar-refractivity contribution is 5.96. The molecule has 0 amide bonds. The van der Waals surface area contributed by atoms with Crippen molar-refractivity contribution in [2.75, 3.05) is 0 Å². The summed E-state index contributed by atoms with van der Waals surface area (Å²) in [6, 6.07) is 15.0. The smallest absolute Gasteiger partial charge is 0.343 e. The Morgan fingerprint density at radius 2 is 0.611 bits per heavy atom. The van der Waals surface area contributed by atoms with Gasteiger partial charge in [-0.25, -0.2) is 19.2 Å². The van der Waals surface area contributed by atoms with E-state index in [1.165, 1.54) is 0 Å². The fourth-order valence-electron chi connectivity index (χ4n) is 12.4. The molecule has 6 aromatic carbocycles. The lowest BCUT2D eigenvalue weighted by molar-refractivity contribution is 0.0702. The molecular weight excluding hydrogens is 1160 g/mol. The Balaban J connectivity index is 0.000000256. The summed E-state index contributed by atoms with van der Waals surface area (Å²) in [6.45, 7) is 16.9. The lowest BCUT2D eigenvalue weighted by Gasteiger charge is -2.39. The lowest BCUT2D eigenvalue weighted by atomic mass is 9.67. The van der Waals surface area contributed by atoms with Crippen molar-refractivity contribution in [3.63, 3.8) is 0 Å². The van der Waals surface area contributed by atoms with Gasteiger partial charge in [-0.05, 0) is 183 Å². The number of aryl methyl sites for hydroxylation is 2. The molecule has 2 fully saturated rings. The number of aromatic hydroxyl groups is 12. The molecule has 6 atom stereocenters. The highest BCUT2D eigenvalue weighted by Crippen LogP contribution is 2.53. The van der Waals surface area contributed by atoms with E-state index in [1.807, 2.05) is 0 Å². The zero-order valence-electron chi connectivity index (χ0n) is 52.1. The van der Waals surface area contributed by atoms with E-state index in [0.717, 1.165) is 137 Å². The summed E-state index contributed by atoms with van der Waals surface area (Å²) in [5.74, 6) is -10.3. The van der Waals surface area contributed by atoms with Gasteiger partial charge < -0.3 is 80.2 Å². The third kappa shape index (κ3) is 16.3. The molecule has 8 rings (SSSR count). The first-order valence-corrected chi connectivity index (χ1v) is 30.8. The summed E-state index contributed by atoms with van der Waals surface area (Å²) >= 11 is 0. The van der Waals surface area contributed by atoms with Gasteiger partial charge in [-0.2, -0.15) is 0 Å². The van der Waals surface area contributed by atoms with Crippen LogP contribution < -0.4 is 18.9 Å². The molecule has 484 valence electrons. The summed E-state index contributed by atoms with van der Waals surface area (Å²) in [5, 5.41) is 119. The van der Waals surface area contributed by atoms with Gasteiger partial charge in [-0.1, -0.05) is 93.9 Å². The number of benzene rings is 6. The van der Waals surface area contributed by atoms with E-state index >= 15 is 0 Å². The SMILES string of the molecule is CCCCCc1cc(OC(=O)c2cc(O)c(O)c(O)c2)c([C@@H]2C[C@@H](C)CC[C@H]2C(C)C)c(OC(=O)c2cc(O)c(O)c(O)c2)c1.CCCCCc1cc(OC(=O)c2cc(O)c(O)c(O)c2)c([C@@H]2C[C@H](C)CC[C@H]2C(C)C)c(OC(=O)c2cc(O)c(O)c(O)c2)c1. The minimum Gasteiger partial charge on any atom is -0.504 e. The van der Waals surface area contributed by atoms with Crippen molar-refractivity contribution in [1.82, 2.24) is 0 Å². The number of esters is 4. The molecule has 20 nitrogen and oxygen atoms in total. The maximum absolute atomic E-state index is 13.5. The molecule has 2 aliphatic rings. The predicted octanol–water partition coefficient (Wildman–Crippen LogP) is 14.5. The number of carbonyl (C=O) groups excluding carboxylic acids is 4. The molecule has 90 heavy (non-hydrogen) atoms. The van der Waals surface area contributed by atoms with E-state index in [1.54, 1.807) is 24.3 Å². The first-order valence-electron chi connectivity index (χ1n) is 30.8. The Morgan fingerprint density at radius 1 is 0.378 bits per heavy atom. The standard InChI is InChI=1S/2C35H42O10/c2*1-5-6-7-8-20-12-29(44-34(42)21-14-25(36)32(40)26(37)15-21)31(24-11-19(4)9-10-23(24)18(2)3)30(13-20)45-35(43)22-16-27(38)33(41)28(39)17-22/h2*12-19,23-24,36-41H,5-11H2,1-4H3/t19-,23+,24-;19-,23-,24+/m10/s1. The van der Waals surface area contributed by atoms with Gasteiger partial charge >= 0.3 is 23.9 Å². The molecular formula is C70H84O20. The quantitative estimate of drug-likeness (QED) is 0.0146. The van der Waals surface area contributed by atoms with Gasteiger partial charge in [0.15, 0.2) is 69.0 Å². The molecule has 0 unspecified atom stereocenters. The number of phenolic OH excluding ortho intramolecular Hbond substituents is 12. The Bertz CT molecular complexity index is 3080. The largest absolute Gasteiger partial charge is 0.504 e. The summed E-state index contributed by atoms with van der Waals surface area (Å²) < 4.78 is 23.9. The third-order valence-corrected chi connectivity index (χ3v) is 17.3. The molecule has 12 N–H and O–H groups in total. The van der Waals surface area contributed by atoms with Gasteiger partial charge in [-0.15, -0.1) is 0 Å². The number of rotatable bonds is 20. The second-order valence-electron chi connectivity index (χ2n) is 24.8. The van der Waals surface area contributed by atoms with Crippen LogP contribution >= 0.6 is 0 Å². The molecule has 0 saturated heterocycles. The summed E-state index contributed by atoms with van der Waals surface area (Å²) in [7, 11) is 0. The van der Waals surface area contributed by atoms with E-state index in [0.29, 0.717) is 35.8 Å². The minimum atomic E-state index is -0.900. The third-order valence-electron chi connectivity index (χ3n) is 17.3. The van der Waals surface area contributed by atoms with Crippen LogP contribution in [0.4, 0.5) is 0 Å². The van der Waals surface area contributed by atoms with Gasteiger partial charge in [0.2, 0.25) is 0 Å². The Morgan fingerprint density at radius 3 is 0.822 bits per heavy atom. The van der Waals surface area contributed by atoms with Gasteiger partial charge in [0.1, 0.15) is 23.0 Å². The molecule has 0 aliphatic heterocycles. The van der Waals surface area contributed by atoms with Crippen molar-refractivity contribution in [2.45, 2.75) is 157 Å². The first kappa shape index (κ1) is 68.3. The minimum absolute atomic E-state index is 0.158. The topological polar surface area (TPSA) is 348 Å². The molecule has 0 bridgehead atoms. The van der Waals surface area contributed by atoms with Crippen molar-refractivity contribution in [1.29, 1.82) is 0 Å². The van der Waals surface area contributed by atoms with Crippen LogP contribution in [0.3, 0.4) is 0 Å². The van der Waals surface area contributed by atoms with E-state index in [2.05, 4.69) is 55.4 Å². The van der Waals surface area contributed by atoms with E-state index in [9.17, 15) is 80.5 Å². The molecule has 0 heterocycles. The molecule has 6 aromatic rings. The van der Waals surface area contributed by atoms with Crippen LogP contribution in [0.25, 0.3) is 0 Å². The summed E-state index contributed by atoms with van der Waals surface area (Å²) in [5.41, 5.74) is 1.73. The number of unbranched alkanes of at least 4 members (excludes halogenated alkanes) is 4. The maximum Gasteiger partial charge on any atom is 0.343 e. The van der Waals surface area contributed by atoms with Crippen LogP contribution in [0.1, 0.15) is 208 Å². The van der Waals surface area contributed by atoms with Crippen molar-refractivity contribution in [3.8, 4) is 92.0 Å². The molecule has 2 aliphatic carbocycles. The average Bonchev–Trinajstić information content (AvgIpc) is 0.819. The zero-order valence-corrected chi connectivity index (χ0v) is 52.1. The first-order chi connectivity index (χ1) is 42.6. The van der Waals surface area contributed by atoms with Gasteiger partial charge in [0.25, 0.3) is 0 Å². The number of carbonyl (C=O) groups is 4. The van der Waals surface area contributed by atoms with E-state index in [-0.39, 0.29) is 80.8 Å². The molecule has 0 radical (unpaired) electrons. The molecule has 0 spiro atoms. The van der Waals surface area contributed by atoms with Crippen LogP contribution in [0, 0.1) is 35.5 Å². The normalized spacial score (nSPS) is 18.1. The highest BCUT2D eigenvalue weighted by Gasteiger charge is 2.39. The van der Waals surface area contributed by atoms with Gasteiger partial charge in [0.05, 0.1) is 22.3 Å².